The molecule has 1 unspecified atom stereocenters. The maximum Gasteiger partial charge on any atom is 0.220 e. The Kier molecular flexibility index (Phi) is 5.09. The van der Waals surface area contributed by atoms with Crippen molar-refractivity contribution >= 4 is 11.6 Å². The van der Waals surface area contributed by atoms with E-state index in [0.29, 0.717) is 19.3 Å². The Hall–Kier alpha value is -1.95. The Morgan fingerprint density at radius 2 is 2.35 bits per heavy atom. The first-order valence-corrected chi connectivity index (χ1v) is 5.69. The van der Waals surface area contributed by atoms with Crippen LogP contribution in [-0.2, 0) is 11.2 Å². The molecule has 0 radical (unpaired) electrons. The van der Waals surface area contributed by atoms with Crippen LogP contribution in [0.3, 0.4) is 0 Å². The van der Waals surface area contributed by atoms with Crippen molar-refractivity contribution in [3.8, 4) is 12.3 Å². The first kappa shape index (κ1) is 13.1. The van der Waals surface area contributed by atoms with Gasteiger partial charge in [0.05, 0.1) is 0 Å². The van der Waals surface area contributed by atoms with E-state index in [-0.39, 0.29) is 11.9 Å². The second kappa shape index (κ2) is 6.59. The highest BCUT2D eigenvalue weighted by Gasteiger charge is 2.06. The second-order valence-electron chi connectivity index (χ2n) is 4.12. The van der Waals surface area contributed by atoms with E-state index >= 15 is 0 Å². The van der Waals surface area contributed by atoms with Crippen LogP contribution < -0.4 is 11.1 Å². The average Bonchev–Trinajstić information content (AvgIpc) is 2.27. The lowest BCUT2D eigenvalue weighted by Crippen LogP contribution is -2.32. The van der Waals surface area contributed by atoms with E-state index in [1.807, 2.05) is 31.2 Å². The number of nitrogens with two attached hydrogens (primary N) is 1. The zero-order chi connectivity index (χ0) is 12.7. The molecule has 1 atom stereocenters. The smallest absolute Gasteiger partial charge is 0.220 e. The quantitative estimate of drug-likeness (QED) is 0.598. The van der Waals surface area contributed by atoms with E-state index in [0.717, 1.165) is 11.3 Å². The van der Waals surface area contributed by atoms with E-state index in [9.17, 15) is 4.79 Å². The van der Waals surface area contributed by atoms with Crippen LogP contribution in [0.1, 0.15) is 25.3 Å². The Morgan fingerprint density at radius 1 is 1.59 bits per heavy atom. The van der Waals surface area contributed by atoms with Crippen LogP contribution in [0.2, 0.25) is 0 Å². The molecule has 0 fully saturated rings. The van der Waals surface area contributed by atoms with E-state index < -0.39 is 0 Å². The van der Waals surface area contributed by atoms with Gasteiger partial charge in [-0.1, -0.05) is 12.1 Å². The SMILES string of the molecule is C#CCC(C)NC(=O)CCc1cccc(N)c1. The highest BCUT2D eigenvalue weighted by molar-refractivity contribution is 5.76. The zero-order valence-corrected chi connectivity index (χ0v) is 10.1. The number of nitrogen functional groups attached to an aromatic ring is 1. The molecule has 1 aromatic carbocycles. The van der Waals surface area contributed by atoms with E-state index in [1.54, 1.807) is 0 Å². The van der Waals surface area contributed by atoms with Crippen molar-refractivity contribution in [3.63, 3.8) is 0 Å². The average molecular weight is 230 g/mol. The maximum absolute atomic E-state index is 11.6. The molecule has 90 valence electrons. The van der Waals surface area contributed by atoms with Gasteiger partial charge in [-0.15, -0.1) is 12.3 Å². The standard InChI is InChI=1S/C14H18N2O/c1-3-5-11(2)16-14(17)9-8-12-6-4-7-13(15)10-12/h1,4,6-7,10-11H,5,8-9,15H2,2H3,(H,16,17). The molecule has 17 heavy (non-hydrogen) atoms. The molecular formula is C14H18N2O. The third-order valence-corrected chi connectivity index (χ3v) is 2.42. The van der Waals surface area contributed by atoms with Gasteiger partial charge in [-0.05, 0) is 31.0 Å². The minimum absolute atomic E-state index is 0.0233. The molecule has 0 aliphatic heterocycles. The Morgan fingerprint density at radius 3 is 3.00 bits per heavy atom. The molecule has 1 aromatic rings. The van der Waals surface area contributed by atoms with Gasteiger partial charge in [0.1, 0.15) is 0 Å². The van der Waals surface area contributed by atoms with Gasteiger partial charge < -0.3 is 11.1 Å². The number of anilines is 1. The van der Waals surface area contributed by atoms with Gasteiger partial charge in [-0.2, -0.15) is 0 Å². The monoisotopic (exact) mass is 230 g/mol. The predicted molar refractivity (Wildman–Crippen MR) is 70.2 cm³/mol. The normalized spacial score (nSPS) is 11.5. The molecule has 3 nitrogen and oxygen atoms in total. The number of benzene rings is 1. The van der Waals surface area contributed by atoms with Crippen molar-refractivity contribution in [1.82, 2.24) is 5.32 Å². The third-order valence-electron chi connectivity index (χ3n) is 2.42. The maximum atomic E-state index is 11.6. The van der Waals surface area contributed by atoms with Crippen LogP contribution in [0.15, 0.2) is 24.3 Å². The summed E-state index contributed by atoms with van der Waals surface area (Å²) in [7, 11) is 0. The Balaban J connectivity index is 2.36. The summed E-state index contributed by atoms with van der Waals surface area (Å²) in [5.41, 5.74) is 7.46. The van der Waals surface area contributed by atoms with Gasteiger partial charge in [0.2, 0.25) is 5.91 Å². The molecule has 3 heteroatoms. The number of rotatable bonds is 5. The van der Waals surface area contributed by atoms with Gasteiger partial charge in [-0.3, -0.25) is 4.79 Å². The largest absolute Gasteiger partial charge is 0.399 e. The van der Waals surface area contributed by atoms with E-state index in [4.69, 9.17) is 12.2 Å². The molecule has 0 spiro atoms. The topological polar surface area (TPSA) is 55.1 Å². The van der Waals surface area contributed by atoms with E-state index in [2.05, 4.69) is 11.2 Å². The van der Waals surface area contributed by atoms with Crippen molar-refractivity contribution in [2.24, 2.45) is 0 Å². The summed E-state index contributed by atoms with van der Waals surface area (Å²) in [5, 5.41) is 2.85. The number of carbonyl (C=O) groups excluding carboxylic acids is 1. The Labute approximate surface area is 102 Å². The lowest BCUT2D eigenvalue weighted by Gasteiger charge is -2.10. The second-order valence-corrected chi connectivity index (χ2v) is 4.12. The molecule has 0 heterocycles. The Bertz CT molecular complexity index is 420. The molecule has 1 amide bonds. The fourth-order valence-electron chi connectivity index (χ4n) is 1.58. The molecule has 1 rings (SSSR count). The first-order chi connectivity index (χ1) is 8.11. The molecule has 0 aliphatic carbocycles. The number of amides is 1. The van der Waals surface area contributed by atoms with Gasteiger partial charge in [-0.25, -0.2) is 0 Å². The first-order valence-electron chi connectivity index (χ1n) is 5.69. The summed E-state index contributed by atoms with van der Waals surface area (Å²) < 4.78 is 0. The van der Waals surface area contributed by atoms with E-state index in [1.165, 1.54) is 0 Å². The lowest BCUT2D eigenvalue weighted by atomic mass is 10.1. The number of terminal acetylenes is 1. The number of hydrogen-bond donors (Lipinski definition) is 2. The molecule has 0 saturated carbocycles. The summed E-state index contributed by atoms with van der Waals surface area (Å²) >= 11 is 0. The van der Waals surface area contributed by atoms with Crippen LogP contribution in [0.5, 0.6) is 0 Å². The van der Waals surface area contributed by atoms with Crippen LogP contribution in [0, 0.1) is 12.3 Å². The van der Waals surface area contributed by atoms with Crippen molar-refractivity contribution in [3.05, 3.63) is 29.8 Å². The van der Waals surface area contributed by atoms with Gasteiger partial charge in [0.25, 0.3) is 0 Å². The number of hydrogen-bond acceptors (Lipinski definition) is 2. The van der Waals surface area contributed by atoms with Crippen molar-refractivity contribution in [2.45, 2.75) is 32.2 Å². The predicted octanol–water partition coefficient (Wildman–Crippen LogP) is 1.73. The molecule has 0 bridgehead atoms. The van der Waals surface area contributed by atoms with Crippen LogP contribution in [-0.4, -0.2) is 11.9 Å². The van der Waals surface area contributed by atoms with Crippen LogP contribution >= 0.6 is 0 Å². The van der Waals surface area contributed by atoms with Gasteiger partial charge in [0.15, 0.2) is 0 Å². The molecule has 0 aromatic heterocycles. The number of carbonyl (C=O) groups is 1. The molecule has 0 aliphatic rings. The van der Waals surface area contributed by atoms with Crippen molar-refractivity contribution in [2.75, 3.05) is 5.73 Å². The summed E-state index contributed by atoms with van der Waals surface area (Å²) in [5.74, 6) is 2.55. The number of aryl methyl sites for hydroxylation is 1. The van der Waals surface area contributed by atoms with Crippen molar-refractivity contribution in [1.29, 1.82) is 0 Å². The van der Waals surface area contributed by atoms with Crippen LogP contribution in [0.25, 0.3) is 0 Å². The summed E-state index contributed by atoms with van der Waals surface area (Å²) in [6.45, 7) is 1.90. The minimum Gasteiger partial charge on any atom is -0.399 e. The highest BCUT2D eigenvalue weighted by Crippen LogP contribution is 2.08. The lowest BCUT2D eigenvalue weighted by molar-refractivity contribution is -0.121. The molecular weight excluding hydrogens is 212 g/mol. The van der Waals surface area contributed by atoms with Crippen molar-refractivity contribution < 1.29 is 4.79 Å². The highest BCUT2D eigenvalue weighted by atomic mass is 16.1. The van der Waals surface area contributed by atoms with Gasteiger partial charge >= 0.3 is 0 Å². The summed E-state index contributed by atoms with van der Waals surface area (Å²) in [4.78, 5) is 11.6. The van der Waals surface area contributed by atoms with Gasteiger partial charge in [0, 0.05) is 24.6 Å². The summed E-state index contributed by atoms with van der Waals surface area (Å²) in [6, 6.07) is 7.61. The minimum atomic E-state index is 0.0233. The molecule has 3 N–H and O–H groups in total. The van der Waals surface area contributed by atoms with Crippen LogP contribution in [0.4, 0.5) is 5.69 Å². The zero-order valence-electron chi connectivity index (χ0n) is 10.1. The molecule has 0 saturated heterocycles. The fourth-order valence-corrected chi connectivity index (χ4v) is 1.58. The third kappa shape index (κ3) is 5.07. The summed E-state index contributed by atoms with van der Waals surface area (Å²) in [6.07, 6.45) is 6.88. The fraction of sp³-hybridized carbons (Fsp3) is 0.357. The number of nitrogens with one attached hydrogen (secondary N) is 1.